The molecular formula is C23H29N5O4S. The van der Waals surface area contributed by atoms with Crippen LogP contribution in [0, 0.1) is 0 Å². The van der Waals surface area contributed by atoms with Gasteiger partial charge in [0.2, 0.25) is 5.91 Å². The molecule has 0 saturated carbocycles. The molecule has 9 nitrogen and oxygen atoms in total. The van der Waals surface area contributed by atoms with E-state index in [1.54, 1.807) is 7.05 Å². The predicted molar refractivity (Wildman–Crippen MR) is 128 cm³/mol. The van der Waals surface area contributed by atoms with Crippen LogP contribution in [0.3, 0.4) is 0 Å². The third-order valence-electron chi connectivity index (χ3n) is 5.88. The van der Waals surface area contributed by atoms with Crippen molar-refractivity contribution in [2.75, 3.05) is 18.9 Å². The first-order chi connectivity index (χ1) is 16.0. The highest BCUT2D eigenvalue weighted by atomic mass is 32.2. The fourth-order valence-corrected chi connectivity index (χ4v) is 4.98. The molecule has 2 aromatic heterocycles. The van der Waals surface area contributed by atoms with E-state index in [0.29, 0.717) is 36.1 Å². The summed E-state index contributed by atoms with van der Waals surface area (Å²) in [4.78, 5) is 42.1. The Balaban J connectivity index is 1.52. The summed E-state index contributed by atoms with van der Waals surface area (Å²) in [6.07, 6.45) is 3.19. The number of rotatable bonds is 9. The molecule has 0 spiro atoms. The van der Waals surface area contributed by atoms with Gasteiger partial charge in [0.05, 0.1) is 6.10 Å². The van der Waals surface area contributed by atoms with Crippen LogP contribution in [0.5, 0.6) is 0 Å². The van der Waals surface area contributed by atoms with E-state index >= 15 is 0 Å². The second-order valence-electron chi connectivity index (χ2n) is 8.20. The minimum atomic E-state index is -0.414. The summed E-state index contributed by atoms with van der Waals surface area (Å²) in [7, 11) is 3.11. The number of fused-ring (bicyclic) bond motifs is 1. The average Bonchev–Trinajstić information content (AvgIpc) is 3.47. The van der Waals surface area contributed by atoms with Crippen molar-refractivity contribution in [3.05, 3.63) is 56.7 Å². The molecule has 1 saturated heterocycles. The van der Waals surface area contributed by atoms with Gasteiger partial charge in [0.1, 0.15) is 0 Å². The van der Waals surface area contributed by atoms with Gasteiger partial charge in [0.25, 0.3) is 5.56 Å². The largest absolute Gasteiger partial charge is 0.376 e. The smallest absolute Gasteiger partial charge is 0.332 e. The minimum Gasteiger partial charge on any atom is -0.376 e. The lowest BCUT2D eigenvalue weighted by Crippen LogP contribution is -2.37. The van der Waals surface area contributed by atoms with Gasteiger partial charge in [0, 0.05) is 46.0 Å². The van der Waals surface area contributed by atoms with E-state index in [-0.39, 0.29) is 17.5 Å². The van der Waals surface area contributed by atoms with E-state index in [2.05, 4.69) is 10.3 Å². The van der Waals surface area contributed by atoms with Crippen molar-refractivity contribution < 1.29 is 9.53 Å². The second kappa shape index (κ2) is 10.4. The Hall–Kier alpha value is -2.85. The maximum Gasteiger partial charge on any atom is 0.332 e. The molecule has 176 valence electrons. The summed E-state index contributed by atoms with van der Waals surface area (Å²) >= 11 is 1.42. The maximum atomic E-state index is 12.7. The molecule has 1 aliphatic heterocycles. The molecule has 1 aliphatic rings. The van der Waals surface area contributed by atoms with Crippen molar-refractivity contribution in [3.8, 4) is 0 Å². The third kappa shape index (κ3) is 5.22. The first kappa shape index (κ1) is 23.3. The lowest BCUT2D eigenvalue weighted by atomic mass is 10.1. The highest BCUT2D eigenvalue weighted by Crippen LogP contribution is 2.23. The van der Waals surface area contributed by atoms with Crippen LogP contribution in [0.1, 0.15) is 24.8 Å². The van der Waals surface area contributed by atoms with Gasteiger partial charge in [-0.05, 0) is 24.8 Å². The zero-order valence-electron chi connectivity index (χ0n) is 19.0. The first-order valence-corrected chi connectivity index (χ1v) is 12.2. The van der Waals surface area contributed by atoms with Crippen LogP contribution in [0.25, 0.3) is 11.2 Å². The Morgan fingerprint density at radius 3 is 2.73 bits per heavy atom. The number of aromatic nitrogens is 4. The van der Waals surface area contributed by atoms with E-state index in [1.807, 2.05) is 34.9 Å². The van der Waals surface area contributed by atoms with Crippen molar-refractivity contribution >= 4 is 28.8 Å². The fourth-order valence-electron chi connectivity index (χ4n) is 4.02. The van der Waals surface area contributed by atoms with Crippen molar-refractivity contribution in [2.24, 2.45) is 14.1 Å². The number of amides is 1. The number of nitrogens with zero attached hydrogens (tertiary/aromatic N) is 4. The molecule has 1 fully saturated rings. The molecule has 3 heterocycles. The van der Waals surface area contributed by atoms with Gasteiger partial charge < -0.3 is 14.6 Å². The molecule has 1 amide bonds. The minimum absolute atomic E-state index is 0.0340. The normalized spacial score (nSPS) is 15.9. The number of imidazole rings is 1. The maximum absolute atomic E-state index is 12.7. The first-order valence-electron chi connectivity index (χ1n) is 11.2. The van der Waals surface area contributed by atoms with Crippen molar-refractivity contribution in [3.63, 3.8) is 0 Å². The molecule has 1 aromatic carbocycles. The van der Waals surface area contributed by atoms with Crippen LogP contribution < -0.4 is 16.6 Å². The number of hydrogen-bond acceptors (Lipinski definition) is 6. The quantitative estimate of drug-likeness (QED) is 0.474. The van der Waals surface area contributed by atoms with Gasteiger partial charge in [-0.25, -0.2) is 9.78 Å². The third-order valence-corrected chi connectivity index (χ3v) is 6.86. The summed E-state index contributed by atoms with van der Waals surface area (Å²) in [6.45, 7) is 1.86. The number of carbonyl (C=O) groups is 1. The monoisotopic (exact) mass is 471 g/mol. The zero-order valence-corrected chi connectivity index (χ0v) is 19.8. The molecule has 10 heteroatoms. The van der Waals surface area contributed by atoms with Crippen molar-refractivity contribution in [2.45, 2.75) is 43.5 Å². The van der Waals surface area contributed by atoms with Crippen molar-refractivity contribution in [1.29, 1.82) is 0 Å². The summed E-state index contributed by atoms with van der Waals surface area (Å²) in [5.74, 6) is 0.480. The number of thioether (sulfide) groups is 1. The lowest BCUT2D eigenvalue weighted by Gasteiger charge is -2.12. The van der Waals surface area contributed by atoms with Crippen LogP contribution in [0.15, 0.2) is 45.1 Å². The molecule has 1 N–H and O–H groups in total. The molecule has 0 aliphatic carbocycles. The van der Waals surface area contributed by atoms with Gasteiger partial charge in [-0.2, -0.15) is 0 Å². The van der Waals surface area contributed by atoms with E-state index < -0.39 is 11.2 Å². The predicted octanol–water partition coefficient (Wildman–Crippen LogP) is 1.45. The number of carbonyl (C=O) groups excluding carboxylic acids is 1. The van der Waals surface area contributed by atoms with Crippen LogP contribution in [0.2, 0.25) is 0 Å². The Morgan fingerprint density at radius 1 is 1.21 bits per heavy atom. The zero-order chi connectivity index (χ0) is 23.4. The number of benzene rings is 1. The Morgan fingerprint density at radius 2 is 2.00 bits per heavy atom. The van der Waals surface area contributed by atoms with E-state index in [0.717, 1.165) is 36.0 Å². The number of hydrogen-bond donors (Lipinski definition) is 1. The van der Waals surface area contributed by atoms with Crippen LogP contribution in [-0.2, 0) is 36.6 Å². The van der Waals surface area contributed by atoms with Gasteiger partial charge in [-0.15, -0.1) is 0 Å². The standard InChI is InChI=1S/C23H29N5O4S/c1-26-20-19(21(30)27(2)23(26)31)25-22(28(20)12-10-16-7-4-3-5-8-16)33-14-11-18(29)24-15-17-9-6-13-32-17/h3-5,7-8,17H,6,9-15H2,1-2H3,(H,24,29)/t17-/m0/s1. The lowest BCUT2D eigenvalue weighted by molar-refractivity contribution is -0.121. The molecule has 3 aromatic rings. The highest BCUT2D eigenvalue weighted by molar-refractivity contribution is 7.99. The van der Waals surface area contributed by atoms with E-state index in [4.69, 9.17) is 4.74 Å². The van der Waals surface area contributed by atoms with Gasteiger partial charge in [-0.1, -0.05) is 42.1 Å². The average molecular weight is 472 g/mol. The topological polar surface area (TPSA) is 100 Å². The second-order valence-corrected chi connectivity index (χ2v) is 9.26. The van der Waals surface area contributed by atoms with Gasteiger partial charge in [-0.3, -0.25) is 18.7 Å². The van der Waals surface area contributed by atoms with Crippen LogP contribution in [-0.4, -0.2) is 49.6 Å². The Bertz CT molecular complexity index is 1240. The number of ether oxygens (including phenoxy) is 1. The molecule has 0 radical (unpaired) electrons. The summed E-state index contributed by atoms with van der Waals surface area (Å²) < 4.78 is 9.99. The molecule has 4 rings (SSSR count). The number of nitrogens with one attached hydrogen (secondary N) is 1. The van der Waals surface area contributed by atoms with Gasteiger partial charge in [0.15, 0.2) is 16.3 Å². The fraction of sp³-hybridized carbons (Fsp3) is 0.478. The summed E-state index contributed by atoms with van der Waals surface area (Å²) in [5, 5.41) is 3.56. The molecule has 0 unspecified atom stereocenters. The Kier molecular flexibility index (Phi) is 7.34. The van der Waals surface area contributed by atoms with E-state index in [1.165, 1.54) is 23.4 Å². The van der Waals surface area contributed by atoms with E-state index in [9.17, 15) is 14.4 Å². The molecular weight excluding hydrogens is 442 g/mol. The number of aryl methyl sites for hydroxylation is 3. The summed E-state index contributed by atoms with van der Waals surface area (Å²) in [6, 6.07) is 10.0. The Labute approximate surface area is 195 Å². The molecule has 33 heavy (non-hydrogen) atoms. The highest BCUT2D eigenvalue weighted by Gasteiger charge is 2.20. The van der Waals surface area contributed by atoms with Crippen molar-refractivity contribution in [1.82, 2.24) is 24.0 Å². The summed E-state index contributed by atoms with van der Waals surface area (Å²) in [5.41, 5.74) is 1.11. The van der Waals surface area contributed by atoms with Gasteiger partial charge >= 0.3 is 5.69 Å². The molecule has 0 bridgehead atoms. The van der Waals surface area contributed by atoms with Crippen LogP contribution >= 0.6 is 11.8 Å². The molecule has 1 atom stereocenters. The van der Waals surface area contributed by atoms with Crippen LogP contribution in [0.4, 0.5) is 0 Å². The SMILES string of the molecule is Cn1c(=O)c2nc(SCCC(=O)NC[C@@H]3CCCO3)n(CCc3ccccc3)c2n(C)c1=O.